The van der Waals surface area contributed by atoms with Crippen LogP contribution in [0.25, 0.3) is 0 Å². The van der Waals surface area contributed by atoms with Crippen LogP contribution in [0.15, 0.2) is 54.7 Å². The Kier molecular flexibility index (Phi) is 4.85. The molecule has 0 spiro atoms. The standard InChI is InChI=1S/C17H13ClFN3O3/c18-12-9-11(5-6-13(12)19)25-10-22-8-7-15(21-22)17(24)20-14-3-1-2-4-16(14)23/h1-9,23H,10H2,(H,20,24). The number of aromatic nitrogens is 2. The second kappa shape index (κ2) is 7.23. The van der Waals surface area contributed by atoms with E-state index >= 15 is 0 Å². The summed E-state index contributed by atoms with van der Waals surface area (Å²) in [7, 11) is 0. The van der Waals surface area contributed by atoms with Gasteiger partial charge in [0.15, 0.2) is 12.4 Å². The molecule has 3 aromatic rings. The van der Waals surface area contributed by atoms with Crippen LogP contribution in [0.5, 0.6) is 11.5 Å². The summed E-state index contributed by atoms with van der Waals surface area (Å²) in [5.41, 5.74) is 0.447. The summed E-state index contributed by atoms with van der Waals surface area (Å²) in [6.07, 6.45) is 1.56. The number of hydrogen-bond acceptors (Lipinski definition) is 4. The van der Waals surface area contributed by atoms with Crippen molar-refractivity contribution in [2.24, 2.45) is 0 Å². The molecule has 0 aliphatic heterocycles. The van der Waals surface area contributed by atoms with E-state index < -0.39 is 11.7 Å². The maximum atomic E-state index is 13.1. The van der Waals surface area contributed by atoms with Crippen LogP contribution in [-0.4, -0.2) is 20.8 Å². The third-order valence-corrected chi connectivity index (χ3v) is 3.57. The minimum atomic E-state index is -0.531. The maximum Gasteiger partial charge on any atom is 0.276 e. The molecule has 0 saturated heterocycles. The summed E-state index contributed by atoms with van der Waals surface area (Å²) in [4.78, 5) is 12.1. The molecule has 8 heteroatoms. The zero-order valence-electron chi connectivity index (χ0n) is 12.8. The van der Waals surface area contributed by atoms with E-state index in [1.54, 1.807) is 24.4 Å². The van der Waals surface area contributed by atoms with Gasteiger partial charge < -0.3 is 15.2 Å². The fourth-order valence-electron chi connectivity index (χ4n) is 2.03. The first-order chi connectivity index (χ1) is 12.0. The van der Waals surface area contributed by atoms with Crippen molar-refractivity contribution in [1.82, 2.24) is 9.78 Å². The van der Waals surface area contributed by atoms with Gasteiger partial charge in [0.05, 0.1) is 10.7 Å². The number of amides is 1. The second-order valence-electron chi connectivity index (χ2n) is 5.06. The summed E-state index contributed by atoms with van der Waals surface area (Å²) in [5, 5.41) is 16.3. The lowest BCUT2D eigenvalue weighted by molar-refractivity contribution is 0.102. The van der Waals surface area contributed by atoms with Gasteiger partial charge in [0.1, 0.15) is 17.3 Å². The van der Waals surface area contributed by atoms with E-state index in [0.29, 0.717) is 11.4 Å². The van der Waals surface area contributed by atoms with E-state index in [9.17, 15) is 14.3 Å². The van der Waals surface area contributed by atoms with Gasteiger partial charge in [-0.15, -0.1) is 0 Å². The van der Waals surface area contributed by atoms with E-state index in [1.807, 2.05) is 0 Å². The normalized spacial score (nSPS) is 10.5. The summed E-state index contributed by atoms with van der Waals surface area (Å²) >= 11 is 5.68. The number of phenolic OH excluding ortho intramolecular Hbond substituents is 1. The number of benzene rings is 2. The van der Waals surface area contributed by atoms with E-state index in [-0.39, 0.29) is 23.2 Å². The number of nitrogens with one attached hydrogen (secondary N) is 1. The molecular weight excluding hydrogens is 349 g/mol. The third kappa shape index (κ3) is 4.07. The van der Waals surface area contributed by atoms with Gasteiger partial charge in [-0.25, -0.2) is 9.07 Å². The fourth-order valence-corrected chi connectivity index (χ4v) is 2.20. The lowest BCUT2D eigenvalue weighted by Crippen LogP contribution is -2.14. The number of carbonyl (C=O) groups is 1. The zero-order valence-corrected chi connectivity index (χ0v) is 13.6. The highest BCUT2D eigenvalue weighted by Gasteiger charge is 2.12. The number of hydrogen-bond donors (Lipinski definition) is 2. The third-order valence-electron chi connectivity index (χ3n) is 3.28. The monoisotopic (exact) mass is 361 g/mol. The molecule has 0 radical (unpaired) electrons. The van der Waals surface area contributed by atoms with E-state index in [4.69, 9.17) is 16.3 Å². The molecule has 1 aromatic heterocycles. The number of phenols is 1. The molecule has 6 nitrogen and oxygen atoms in total. The lowest BCUT2D eigenvalue weighted by atomic mass is 10.3. The Hall–Kier alpha value is -3.06. The smallest absolute Gasteiger partial charge is 0.276 e. The average molecular weight is 362 g/mol. The first-order valence-electron chi connectivity index (χ1n) is 7.23. The van der Waals surface area contributed by atoms with Gasteiger partial charge in [0.2, 0.25) is 0 Å². The van der Waals surface area contributed by atoms with Crippen LogP contribution >= 0.6 is 11.6 Å². The van der Waals surface area contributed by atoms with E-state index in [2.05, 4.69) is 10.4 Å². The van der Waals surface area contributed by atoms with Crippen molar-refractivity contribution in [3.8, 4) is 11.5 Å². The lowest BCUT2D eigenvalue weighted by Gasteiger charge is -2.07. The zero-order chi connectivity index (χ0) is 17.8. The molecule has 0 aliphatic carbocycles. The quantitative estimate of drug-likeness (QED) is 0.680. The molecule has 0 aliphatic rings. The van der Waals surface area contributed by atoms with Gasteiger partial charge in [0.25, 0.3) is 5.91 Å². The Morgan fingerprint density at radius 1 is 1.28 bits per heavy atom. The van der Waals surface area contributed by atoms with Crippen molar-refractivity contribution in [2.45, 2.75) is 6.73 Å². The summed E-state index contributed by atoms with van der Waals surface area (Å²) in [5.74, 6) is -0.657. The summed E-state index contributed by atoms with van der Waals surface area (Å²) in [6.45, 7) is 0.0197. The van der Waals surface area contributed by atoms with Crippen molar-refractivity contribution in [1.29, 1.82) is 0 Å². The highest BCUT2D eigenvalue weighted by Crippen LogP contribution is 2.22. The van der Waals surface area contributed by atoms with Crippen molar-refractivity contribution in [3.63, 3.8) is 0 Å². The predicted molar refractivity (Wildman–Crippen MR) is 90.3 cm³/mol. The van der Waals surface area contributed by atoms with Crippen molar-refractivity contribution in [3.05, 3.63) is 71.3 Å². The van der Waals surface area contributed by atoms with Gasteiger partial charge in [-0.05, 0) is 30.3 Å². The van der Waals surface area contributed by atoms with Crippen LogP contribution in [0.2, 0.25) is 5.02 Å². The number of rotatable bonds is 5. The molecule has 0 atom stereocenters. The minimum absolute atomic E-state index is 0.0197. The molecule has 1 amide bonds. The van der Waals surface area contributed by atoms with E-state index in [0.717, 1.165) is 0 Å². The number of nitrogens with zero attached hydrogens (tertiary/aromatic N) is 2. The molecule has 2 aromatic carbocycles. The molecule has 3 rings (SSSR count). The molecule has 0 unspecified atom stereocenters. The first-order valence-corrected chi connectivity index (χ1v) is 7.61. The predicted octanol–water partition coefficient (Wildman–Crippen LogP) is 3.67. The number of ether oxygens (including phenoxy) is 1. The molecule has 25 heavy (non-hydrogen) atoms. The highest BCUT2D eigenvalue weighted by atomic mass is 35.5. The van der Waals surface area contributed by atoms with Crippen molar-refractivity contribution >= 4 is 23.2 Å². The van der Waals surface area contributed by atoms with Gasteiger partial charge >= 0.3 is 0 Å². The van der Waals surface area contributed by atoms with Crippen LogP contribution in [0.4, 0.5) is 10.1 Å². The van der Waals surface area contributed by atoms with Gasteiger partial charge in [-0.1, -0.05) is 23.7 Å². The van der Waals surface area contributed by atoms with Crippen molar-refractivity contribution < 1.29 is 19.0 Å². The number of halogens is 2. The number of para-hydroxylation sites is 2. The molecular formula is C17H13ClFN3O3. The average Bonchev–Trinajstić information content (AvgIpc) is 3.07. The molecule has 1 heterocycles. The van der Waals surface area contributed by atoms with Crippen LogP contribution < -0.4 is 10.1 Å². The second-order valence-corrected chi connectivity index (χ2v) is 5.47. The fraction of sp³-hybridized carbons (Fsp3) is 0.0588. The minimum Gasteiger partial charge on any atom is -0.506 e. The van der Waals surface area contributed by atoms with Crippen LogP contribution in [0, 0.1) is 5.82 Å². The number of carbonyl (C=O) groups excluding carboxylic acids is 1. The molecule has 128 valence electrons. The van der Waals surface area contributed by atoms with Gasteiger partial charge in [-0.2, -0.15) is 5.10 Å². The summed E-state index contributed by atoms with van der Waals surface area (Å²) < 4.78 is 19.9. The van der Waals surface area contributed by atoms with Crippen LogP contribution in [0.3, 0.4) is 0 Å². The SMILES string of the molecule is O=C(Nc1ccccc1O)c1ccn(COc2ccc(F)c(Cl)c2)n1. The molecule has 0 saturated carbocycles. The Morgan fingerprint density at radius 2 is 2.08 bits per heavy atom. The molecule has 2 N–H and O–H groups in total. The highest BCUT2D eigenvalue weighted by molar-refractivity contribution is 6.30. The van der Waals surface area contributed by atoms with E-state index in [1.165, 1.54) is 35.0 Å². The Bertz CT molecular complexity index is 914. The van der Waals surface area contributed by atoms with Crippen molar-refractivity contribution in [2.75, 3.05) is 5.32 Å². The van der Waals surface area contributed by atoms with Crippen LogP contribution in [0.1, 0.15) is 10.5 Å². The summed E-state index contributed by atoms with van der Waals surface area (Å²) in [6, 6.07) is 11.9. The van der Waals surface area contributed by atoms with Gasteiger partial charge in [0, 0.05) is 12.3 Å². The Labute approximate surface area is 147 Å². The molecule has 0 fully saturated rings. The first kappa shape index (κ1) is 16.8. The number of aromatic hydroxyl groups is 1. The molecule has 0 bridgehead atoms. The Morgan fingerprint density at radius 3 is 2.84 bits per heavy atom. The van der Waals surface area contributed by atoms with Gasteiger partial charge in [-0.3, -0.25) is 4.79 Å². The number of anilines is 1. The maximum absolute atomic E-state index is 13.1. The largest absolute Gasteiger partial charge is 0.506 e. The Balaban J connectivity index is 1.62. The van der Waals surface area contributed by atoms with Crippen LogP contribution in [-0.2, 0) is 6.73 Å². The topological polar surface area (TPSA) is 76.4 Å².